The first kappa shape index (κ1) is 15.6. The topological polar surface area (TPSA) is 43.8 Å². The van der Waals surface area contributed by atoms with Gasteiger partial charge in [-0.05, 0) is 31.7 Å². The second kappa shape index (κ2) is 5.89. The van der Waals surface area contributed by atoms with Crippen LogP contribution in [-0.2, 0) is 4.79 Å². The zero-order valence-electron chi connectivity index (χ0n) is 11.6. The molecule has 0 aromatic carbocycles. The molecule has 2 fully saturated rings. The molecule has 3 unspecified atom stereocenters. The number of amides is 1. The average Bonchev–Trinajstić information content (AvgIpc) is 2.68. The molecule has 1 amide bonds. The number of alkyl halides is 3. The number of likely N-dealkylation sites (tertiary alicyclic amines) is 2. The van der Waals surface area contributed by atoms with Gasteiger partial charge in [-0.25, -0.2) is 0 Å². The normalized spacial score (nSPS) is 33.0. The summed E-state index contributed by atoms with van der Waals surface area (Å²) in [6.07, 6.45) is -2.04. The first-order valence-corrected chi connectivity index (χ1v) is 7.05. The lowest BCUT2D eigenvalue weighted by molar-refractivity contribution is -0.160. The van der Waals surface area contributed by atoms with Crippen molar-refractivity contribution in [2.75, 3.05) is 26.2 Å². The van der Waals surface area contributed by atoms with Crippen molar-refractivity contribution in [2.45, 2.75) is 44.4 Å². The van der Waals surface area contributed by atoms with Crippen LogP contribution in [0.1, 0.15) is 26.2 Å². The van der Waals surface area contributed by atoms with Crippen molar-refractivity contribution in [3.05, 3.63) is 0 Å². The number of rotatable bonds is 3. The van der Waals surface area contributed by atoms with E-state index in [4.69, 9.17) is 0 Å². The van der Waals surface area contributed by atoms with Crippen LogP contribution in [0.4, 0.5) is 13.2 Å². The Bertz CT molecular complexity index is 362. The number of aliphatic hydroxyl groups excluding tert-OH is 1. The summed E-state index contributed by atoms with van der Waals surface area (Å²) in [5, 5.41) is 9.48. The Morgan fingerprint density at radius 1 is 1.30 bits per heavy atom. The molecule has 7 heteroatoms. The van der Waals surface area contributed by atoms with Crippen LogP contribution in [0.5, 0.6) is 0 Å². The monoisotopic (exact) mass is 294 g/mol. The van der Waals surface area contributed by atoms with Crippen molar-refractivity contribution in [2.24, 2.45) is 5.92 Å². The molecule has 3 atom stereocenters. The Labute approximate surface area is 116 Å². The number of aliphatic hydroxyl groups is 1. The first-order chi connectivity index (χ1) is 9.33. The molecule has 2 rings (SSSR count). The van der Waals surface area contributed by atoms with E-state index in [2.05, 4.69) is 0 Å². The van der Waals surface area contributed by atoms with Crippen LogP contribution in [0.3, 0.4) is 0 Å². The van der Waals surface area contributed by atoms with Crippen molar-refractivity contribution < 1.29 is 23.1 Å². The number of hydrogen-bond donors (Lipinski definition) is 1. The van der Waals surface area contributed by atoms with Gasteiger partial charge in [0.05, 0.1) is 12.6 Å². The Morgan fingerprint density at radius 3 is 2.60 bits per heavy atom. The van der Waals surface area contributed by atoms with Crippen LogP contribution in [0, 0.1) is 5.92 Å². The summed E-state index contributed by atoms with van der Waals surface area (Å²) >= 11 is 0. The van der Waals surface area contributed by atoms with Crippen molar-refractivity contribution in [3.8, 4) is 0 Å². The highest BCUT2D eigenvalue weighted by Gasteiger charge is 2.44. The van der Waals surface area contributed by atoms with Gasteiger partial charge in [-0.3, -0.25) is 9.69 Å². The number of carbonyl (C=O) groups is 1. The maximum atomic E-state index is 12.4. The predicted molar refractivity (Wildman–Crippen MR) is 67.0 cm³/mol. The summed E-state index contributed by atoms with van der Waals surface area (Å²) in [7, 11) is 0. The summed E-state index contributed by atoms with van der Waals surface area (Å²) in [4.78, 5) is 15.0. The van der Waals surface area contributed by atoms with Gasteiger partial charge in [-0.1, -0.05) is 6.92 Å². The fourth-order valence-corrected chi connectivity index (χ4v) is 3.36. The minimum Gasteiger partial charge on any atom is -0.395 e. The van der Waals surface area contributed by atoms with E-state index < -0.39 is 24.7 Å². The molecule has 1 N–H and O–H groups in total. The number of piperidine rings is 1. The van der Waals surface area contributed by atoms with Crippen LogP contribution >= 0.6 is 0 Å². The van der Waals surface area contributed by atoms with Gasteiger partial charge in [0.15, 0.2) is 0 Å². The molecule has 0 radical (unpaired) electrons. The Balaban J connectivity index is 2.04. The molecule has 0 aromatic heterocycles. The van der Waals surface area contributed by atoms with Crippen LogP contribution in [0.2, 0.25) is 0 Å². The van der Waals surface area contributed by atoms with Gasteiger partial charge in [0.1, 0.15) is 6.54 Å². The molecule has 0 aliphatic carbocycles. The fourth-order valence-electron chi connectivity index (χ4n) is 3.36. The smallest absolute Gasteiger partial charge is 0.395 e. The van der Waals surface area contributed by atoms with Gasteiger partial charge < -0.3 is 10.0 Å². The Kier molecular flexibility index (Phi) is 4.59. The van der Waals surface area contributed by atoms with E-state index in [-0.39, 0.29) is 25.1 Å². The SMILES string of the molecule is CC1CCCN(C2CCN(CC(F)(F)F)C2=O)C1CO. The number of halogens is 3. The highest BCUT2D eigenvalue weighted by atomic mass is 19.4. The molecule has 2 aliphatic heterocycles. The third-order valence-electron chi connectivity index (χ3n) is 4.39. The number of nitrogens with zero attached hydrogens (tertiary/aromatic N) is 2. The maximum Gasteiger partial charge on any atom is 0.406 e. The fraction of sp³-hybridized carbons (Fsp3) is 0.923. The lowest BCUT2D eigenvalue weighted by Gasteiger charge is -2.41. The van der Waals surface area contributed by atoms with Gasteiger partial charge >= 0.3 is 6.18 Å². The van der Waals surface area contributed by atoms with Crippen molar-refractivity contribution in [1.82, 2.24) is 9.80 Å². The van der Waals surface area contributed by atoms with E-state index in [1.807, 2.05) is 11.8 Å². The molecule has 116 valence electrons. The van der Waals surface area contributed by atoms with Gasteiger partial charge in [-0.15, -0.1) is 0 Å². The van der Waals surface area contributed by atoms with Crippen LogP contribution in [0.25, 0.3) is 0 Å². The summed E-state index contributed by atoms with van der Waals surface area (Å²) in [5.74, 6) is -0.187. The zero-order valence-corrected chi connectivity index (χ0v) is 11.6. The summed E-state index contributed by atoms with van der Waals surface area (Å²) in [6.45, 7) is 1.61. The second-order valence-corrected chi connectivity index (χ2v) is 5.79. The minimum atomic E-state index is -4.35. The quantitative estimate of drug-likeness (QED) is 0.852. The van der Waals surface area contributed by atoms with Crippen molar-refractivity contribution in [1.29, 1.82) is 0 Å². The highest BCUT2D eigenvalue weighted by molar-refractivity contribution is 5.84. The van der Waals surface area contributed by atoms with Crippen LogP contribution in [0.15, 0.2) is 0 Å². The minimum absolute atomic E-state index is 0.0514. The summed E-state index contributed by atoms with van der Waals surface area (Å²) < 4.78 is 37.2. The van der Waals surface area contributed by atoms with Gasteiger partial charge in [0.2, 0.25) is 5.91 Å². The third-order valence-corrected chi connectivity index (χ3v) is 4.39. The highest BCUT2D eigenvalue weighted by Crippen LogP contribution is 2.30. The maximum absolute atomic E-state index is 12.4. The number of carbonyl (C=O) groups excluding carboxylic acids is 1. The standard InChI is InChI=1S/C13H21F3N2O2/c1-9-3-2-5-18(11(9)7-19)10-4-6-17(12(10)20)8-13(14,15)16/h9-11,19H,2-8H2,1H3. The molecule has 2 heterocycles. The van der Waals surface area contributed by atoms with Gasteiger partial charge in [0, 0.05) is 12.6 Å². The van der Waals surface area contributed by atoms with E-state index in [1.165, 1.54) is 0 Å². The molecule has 0 saturated carbocycles. The lowest BCUT2D eigenvalue weighted by atomic mass is 9.89. The van der Waals surface area contributed by atoms with Gasteiger partial charge in [-0.2, -0.15) is 13.2 Å². The average molecular weight is 294 g/mol. The lowest BCUT2D eigenvalue weighted by Crippen LogP contribution is -2.54. The van der Waals surface area contributed by atoms with Crippen LogP contribution in [-0.4, -0.2) is 65.3 Å². The van der Waals surface area contributed by atoms with E-state index in [0.717, 1.165) is 17.7 Å². The second-order valence-electron chi connectivity index (χ2n) is 5.79. The molecular formula is C13H21F3N2O2. The number of hydrogen-bond acceptors (Lipinski definition) is 3. The van der Waals surface area contributed by atoms with E-state index in [0.29, 0.717) is 13.0 Å². The Morgan fingerprint density at radius 2 is 2.00 bits per heavy atom. The molecule has 0 bridgehead atoms. The van der Waals surface area contributed by atoms with Crippen molar-refractivity contribution >= 4 is 5.91 Å². The predicted octanol–water partition coefficient (Wildman–Crippen LogP) is 1.24. The van der Waals surface area contributed by atoms with Gasteiger partial charge in [0.25, 0.3) is 0 Å². The first-order valence-electron chi connectivity index (χ1n) is 7.05. The molecule has 0 aromatic rings. The van der Waals surface area contributed by atoms with E-state index >= 15 is 0 Å². The molecule has 2 saturated heterocycles. The Hall–Kier alpha value is -0.820. The molecule has 4 nitrogen and oxygen atoms in total. The molecule has 20 heavy (non-hydrogen) atoms. The molecular weight excluding hydrogens is 273 g/mol. The molecule has 0 spiro atoms. The summed E-state index contributed by atoms with van der Waals surface area (Å²) in [6, 6.07) is -0.624. The molecule has 2 aliphatic rings. The van der Waals surface area contributed by atoms with E-state index in [9.17, 15) is 23.1 Å². The summed E-state index contributed by atoms with van der Waals surface area (Å²) in [5.41, 5.74) is 0. The van der Waals surface area contributed by atoms with E-state index in [1.54, 1.807) is 0 Å². The largest absolute Gasteiger partial charge is 0.406 e. The van der Waals surface area contributed by atoms with Crippen LogP contribution < -0.4 is 0 Å². The zero-order chi connectivity index (χ0) is 14.9. The third kappa shape index (κ3) is 3.25. The van der Waals surface area contributed by atoms with Crippen molar-refractivity contribution in [3.63, 3.8) is 0 Å².